The van der Waals surface area contributed by atoms with Crippen molar-refractivity contribution in [3.05, 3.63) is 35.6 Å². The lowest BCUT2D eigenvalue weighted by molar-refractivity contribution is -0.00239. The van der Waals surface area contributed by atoms with Gasteiger partial charge in [-0.1, -0.05) is 18.2 Å². The Morgan fingerprint density at radius 3 is 2.79 bits per heavy atom. The molecule has 1 aromatic carbocycles. The molecule has 0 saturated carbocycles. The first kappa shape index (κ1) is 11.4. The van der Waals surface area contributed by atoms with Crippen LogP contribution >= 0.6 is 12.4 Å². The third kappa shape index (κ3) is 2.44. The Morgan fingerprint density at radius 1 is 1.36 bits per heavy atom. The molecule has 1 aliphatic rings. The Bertz CT molecular complexity index is 289. The van der Waals surface area contributed by atoms with Crippen LogP contribution < -0.4 is 5.32 Å². The first-order valence-electron chi connectivity index (χ1n) is 4.47. The Kier molecular flexibility index (Phi) is 4.32. The summed E-state index contributed by atoms with van der Waals surface area (Å²) in [6.45, 7) is 1.59. The zero-order valence-corrected chi connectivity index (χ0v) is 8.52. The summed E-state index contributed by atoms with van der Waals surface area (Å²) in [5, 5.41) is 3.11. The molecule has 1 unspecified atom stereocenters. The van der Waals surface area contributed by atoms with Crippen molar-refractivity contribution in [3.63, 3.8) is 0 Å². The van der Waals surface area contributed by atoms with Gasteiger partial charge in [-0.15, -0.1) is 12.4 Å². The Labute approximate surface area is 88.9 Å². The van der Waals surface area contributed by atoms with Gasteiger partial charge in [-0.3, -0.25) is 5.32 Å². The van der Waals surface area contributed by atoms with Crippen LogP contribution in [0.15, 0.2) is 24.3 Å². The molecule has 78 valence electrons. The second-order valence-electron chi connectivity index (χ2n) is 3.08. The van der Waals surface area contributed by atoms with E-state index in [-0.39, 0.29) is 24.5 Å². The summed E-state index contributed by atoms with van der Waals surface area (Å²) < 4.78 is 18.6. The lowest BCUT2D eigenvalue weighted by Crippen LogP contribution is -2.31. The van der Waals surface area contributed by atoms with Crippen molar-refractivity contribution >= 4 is 12.4 Å². The van der Waals surface area contributed by atoms with Crippen LogP contribution in [-0.2, 0) is 4.74 Å². The number of hydrogen-bond donors (Lipinski definition) is 1. The number of benzene rings is 1. The second-order valence-corrected chi connectivity index (χ2v) is 3.08. The molecule has 0 bridgehead atoms. The minimum Gasteiger partial charge on any atom is -0.359 e. The predicted octanol–water partition coefficient (Wildman–Crippen LogP) is 2.26. The van der Waals surface area contributed by atoms with Crippen molar-refractivity contribution < 1.29 is 9.13 Å². The Morgan fingerprint density at radius 2 is 2.14 bits per heavy atom. The zero-order chi connectivity index (χ0) is 9.10. The van der Waals surface area contributed by atoms with Gasteiger partial charge in [-0.05, 0) is 12.5 Å². The van der Waals surface area contributed by atoms with Gasteiger partial charge < -0.3 is 4.74 Å². The summed E-state index contributed by atoms with van der Waals surface area (Å²) in [5.74, 6) is -0.207. The highest BCUT2D eigenvalue weighted by Crippen LogP contribution is 2.19. The molecule has 1 N–H and O–H groups in total. The quantitative estimate of drug-likeness (QED) is 0.779. The summed E-state index contributed by atoms with van der Waals surface area (Å²) in [6, 6.07) is 6.70. The van der Waals surface area contributed by atoms with Crippen molar-refractivity contribution in [1.29, 1.82) is 0 Å². The highest BCUT2D eigenvalue weighted by molar-refractivity contribution is 5.85. The third-order valence-corrected chi connectivity index (χ3v) is 2.12. The van der Waals surface area contributed by atoms with Gasteiger partial charge in [-0.2, -0.15) is 0 Å². The molecular weight excluding hydrogens is 205 g/mol. The molecule has 0 spiro atoms. The van der Waals surface area contributed by atoms with Crippen LogP contribution in [0.3, 0.4) is 0 Å². The van der Waals surface area contributed by atoms with Crippen LogP contribution in [-0.4, -0.2) is 13.2 Å². The summed E-state index contributed by atoms with van der Waals surface area (Å²) in [4.78, 5) is 0. The van der Waals surface area contributed by atoms with Crippen molar-refractivity contribution in [2.75, 3.05) is 13.2 Å². The maximum absolute atomic E-state index is 13.3. The van der Waals surface area contributed by atoms with E-state index in [1.165, 1.54) is 6.07 Å². The highest BCUT2D eigenvalue weighted by atomic mass is 35.5. The lowest BCUT2D eigenvalue weighted by Gasteiger charge is -2.24. The first-order valence-corrected chi connectivity index (χ1v) is 4.47. The standard InChI is InChI=1S/C10H12FNO.ClH/c11-9-5-2-1-4-8(9)10-12-6-3-7-13-10;/h1-2,4-5,10,12H,3,6-7H2;1H. The van der Waals surface area contributed by atoms with Crippen LogP contribution in [0.1, 0.15) is 18.2 Å². The highest BCUT2D eigenvalue weighted by Gasteiger charge is 2.17. The average molecular weight is 218 g/mol. The fourth-order valence-electron chi connectivity index (χ4n) is 1.45. The molecule has 14 heavy (non-hydrogen) atoms. The van der Waals surface area contributed by atoms with Crippen LogP contribution in [0.2, 0.25) is 0 Å². The predicted molar refractivity (Wildman–Crippen MR) is 55.0 cm³/mol. The normalized spacial score (nSPS) is 21.4. The molecule has 1 aliphatic heterocycles. The number of nitrogens with one attached hydrogen (secondary N) is 1. The molecule has 4 heteroatoms. The van der Waals surface area contributed by atoms with Gasteiger partial charge in [0.1, 0.15) is 12.0 Å². The van der Waals surface area contributed by atoms with Crippen molar-refractivity contribution in [3.8, 4) is 0 Å². The van der Waals surface area contributed by atoms with E-state index in [2.05, 4.69) is 5.32 Å². The van der Waals surface area contributed by atoms with Gasteiger partial charge in [0.15, 0.2) is 0 Å². The molecule has 0 aliphatic carbocycles. The Hall–Kier alpha value is -0.640. The second kappa shape index (κ2) is 5.29. The van der Waals surface area contributed by atoms with E-state index in [0.717, 1.165) is 13.0 Å². The maximum atomic E-state index is 13.3. The summed E-state index contributed by atoms with van der Waals surface area (Å²) >= 11 is 0. The summed E-state index contributed by atoms with van der Waals surface area (Å²) in [6.07, 6.45) is 0.722. The zero-order valence-electron chi connectivity index (χ0n) is 7.70. The monoisotopic (exact) mass is 217 g/mol. The van der Waals surface area contributed by atoms with Crippen LogP contribution in [0.4, 0.5) is 4.39 Å². The summed E-state index contributed by atoms with van der Waals surface area (Å²) in [7, 11) is 0. The van der Waals surface area contributed by atoms with E-state index in [9.17, 15) is 4.39 Å². The van der Waals surface area contributed by atoms with Gasteiger partial charge in [0.05, 0.1) is 6.61 Å². The topological polar surface area (TPSA) is 21.3 Å². The maximum Gasteiger partial charge on any atom is 0.137 e. The van der Waals surface area contributed by atoms with E-state index in [1.807, 2.05) is 6.07 Å². The molecule has 0 radical (unpaired) electrons. The fourth-order valence-corrected chi connectivity index (χ4v) is 1.45. The van der Waals surface area contributed by atoms with Gasteiger partial charge >= 0.3 is 0 Å². The van der Waals surface area contributed by atoms with Gasteiger partial charge in [0.25, 0.3) is 0 Å². The largest absolute Gasteiger partial charge is 0.359 e. The summed E-state index contributed by atoms with van der Waals surface area (Å²) in [5.41, 5.74) is 0.599. The molecule has 0 amide bonds. The molecule has 1 atom stereocenters. The molecule has 1 saturated heterocycles. The number of rotatable bonds is 1. The van der Waals surface area contributed by atoms with Gasteiger partial charge in [0, 0.05) is 12.1 Å². The molecule has 1 aromatic rings. The van der Waals surface area contributed by atoms with E-state index < -0.39 is 0 Å². The van der Waals surface area contributed by atoms with Crippen molar-refractivity contribution in [2.45, 2.75) is 12.6 Å². The molecule has 1 heterocycles. The Balaban J connectivity index is 0.000000980. The van der Waals surface area contributed by atoms with Crippen molar-refractivity contribution in [1.82, 2.24) is 5.32 Å². The van der Waals surface area contributed by atoms with Gasteiger partial charge in [-0.25, -0.2) is 4.39 Å². The molecule has 1 fully saturated rings. The van der Waals surface area contributed by atoms with E-state index in [1.54, 1.807) is 12.1 Å². The molecule has 2 rings (SSSR count). The van der Waals surface area contributed by atoms with E-state index in [0.29, 0.717) is 12.2 Å². The number of halogens is 2. The number of hydrogen-bond acceptors (Lipinski definition) is 2. The third-order valence-electron chi connectivity index (χ3n) is 2.12. The fraction of sp³-hybridized carbons (Fsp3) is 0.400. The van der Waals surface area contributed by atoms with Crippen LogP contribution in [0, 0.1) is 5.82 Å². The molecule has 0 aromatic heterocycles. The smallest absolute Gasteiger partial charge is 0.137 e. The van der Waals surface area contributed by atoms with E-state index in [4.69, 9.17) is 4.74 Å². The lowest BCUT2D eigenvalue weighted by atomic mass is 10.1. The molecular formula is C10H13ClFNO. The number of ether oxygens (including phenoxy) is 1. The average Bonchev–Trinajstić information content (AvgIpc) is 2.20. The van der Waals surface area contributed by atoms with E-state index >= 15 is 0 Å². The SMILES string of the molecule is Cl.Fc1ccccc1C1NCCCO1. The first-order chi connectivity index (χ1) is 6.38. The van der Waals surface area contributed by atoms with Crippen molar-refractivity contribution in [2.24, 2.45) is 0 Å². The van der Waals surface area contributed by atoms with Crippen LogP contribution in [0.5, 0.6) is 0 Å². The van der Waals surface area contributed by atoms with Gasteiger partial charge in [0.2, 0.25) is 0 Å². The minimum atomic E-state index is -0.269. The molecule has 2 nitrogen and oxygen atoms in total. The minimum absolute atomic E-state index is 0. The van der Waals surface area contributed by atoms with Crippen LogP contribution in [0.25, 0.3) is 0 Å².